The van der Waals surface area contributed by atoms with E-state index in [1.165, 1.54) is 10.8 Å². The van der Waals surface area contributed by atoms with E-state index in [1.54, 1.807) is 23.5 Å². The molecule has 5 heteroatoms. The Hall–Kier alpha value is -1.62. The molecule has 3 aromatic rings. The fourth-order valence-electron chi connectivity index (χ4n) is 2.35. The van der Waals surface area contributed by atoms with E-state index in [4.69, 9.17) is 11.6 Å². The van der Waals surface area contributed by atoms with E-state index in [1.807, 2.05) is 36.4 Å². The second-order valence-corrected chi connectivity index (χ2v) is 8.10. The molecule has 0 saturated carbocycles. The molecule has 128 valence electrons. The molecule has 3 rings (SSSR count). The number of amides is 1. The van der Waals surface area contributed by atoms with Gasteiger partial charge in [0, 0.05) is 27.1 Å². The van der Waals surface area contributed by atoms with E-state index < -0.39 is 0 Å². The third-order valence-electron chi connectivity index (χ3n) is 3.60. The van der Waals surface area contributed by atoms with E-state index in [-0.39, 0.29) is 5.91 Å². The lowest BCUT2D eigenvalue weighted by Gasteiger charge is -2.06. The smallest absolute Gasteiger partial charge is 0.230 e. The van der Waals surface area contributed by atoms with E-state index in [2.05, 4.69) is 35.6 Å². The molecule has 1 amide bonds. The molecule has 0 aliphatic carbocycles. The van der Waals surface area contributed by atoms with Crippen molar-refractivity contribution in [1.82, 2.24) is 5.32 Å². The molecule has 0 spiro atoms. The minimum Gasteiger partial charge on any atom is -0.355 e. The summed E-state index contributed by atoms with van der Waals surface area (Å²) < 4.78 is 0. The Morgan fingerprint density at radius 2 is 1.60 bits per heavy atom. The van der Waals surface area contributed by atoms with Gasteiger partial charge < -0.3 is 5.32 Å². The molecule has 2 nitrogen and oxygen atoms in total. The fourth-order valence-corrected chi connectivity index (χ4v) is 4.02. The monoisotopic (exact) mass is 387 g/mol. The third-order valence-corrected chi connectivity index (χ3v) is 5.86. The first-order chi connectivity index (χ1) is 12.2. The number of carbonyl (C=O) groups is 1. The van der Waals surface area contributed by atoms with Crippen LogP contribution >= 0.6 is 35.1 Å². The molecule has 1 N–H and O–H groups in total. The zero-order valence-corrected chi connectivity index (χ0v) is 16.0. The van der Waals surface area contributed by atoms with Crippen LogP contribution < -0.4 is 5.32 Å². The molecule has 0 aromatic heterocycles. The maximum absolute atomic E-state index is 12.0. The van der Waals surface area contributed by atoms with Crippen LogP contribution in [0.25, 0.3) is 10.8 Å². The lowest BCUT2D eigenvalue weighted by molar-refractivity contribution is -0.118. The first-order valence-corrected chi connectivity index (χ1v) is 10.3. The summed E-state index contributed by atoms with van der Waals surface area (Å²) in [6.07, 6.45) is 0. The van der Waals surface area contributed by atoms with Gasteiger partial charge in [0.05, 0.1) is 5.75 Å². The van der Waals surface area contributed by atoms with Gasteiger partial charge in [-0.15, -0.1) is 23.5 Å². The number of halogens is 1. The highest BCUT2D eigenvalue weighted by atomic mass is 35.5. The minimum atomic E-state index is 0.0647. The summed E-state index contributed by atoms with van der Waals surface area (Å²) in [4.78, 5) is 14.2. The highest BCUT2D eigenvalue weighted by Crippen LogP contribution is 2.23. The molecule has 0 unspecified atom stereocenters. The fraction of sp³-hybridized carbons (Fsp3) is 0.150. The van der Waals surface area contributed by atoms with Crippen molar-refractivity contribution in [2.24, 2.45) is 0 Å². The van der Waals surface area contributed by atoms with Crippen molar-refractivity contribution in [3.8, 4) is 0 Å². The van der Waals surface area contributed by atoms with Gasteiger partial charge >= 0.3 is 0 Å². The summed E-state index contributed by atoms with van der Waals surface area (Å²) >= 11 is 9.14. The van der Waals surface area contributed by atoms with Crippen LogP contribution in [0.4, 0.5) is 0 Å². The summed E-state index contributed by atoms with van der Waals surface area (Å²) in [7, 11) is 0. The van der Waals surface area contributed by atoms with Crippen LogP contribution in [-0.2, 0) is 4.79 Å². The number of hydrogen-bond acceptors (Lipinski definition) is 3. The maximum atomic E-state index is 12.0. The lowest BCUT2D eigenvalue weighted by Crippen LogP contribution is -2.27. The van der Waals surface area contributed by atoms with Crippen LogP contribution in [0.3, 0.4) is 0 Å². The van der Waals surface area contributed by atoms with Gasteiger partial charge in [0.25, 0.3) is 0 Å². The second-order valence-electron chi connectivity index (χ2n) is 5.45. The van der Waals surface area contributed by atoms with Gasteiger partial charge in [-0.3, -0.25) is 4.79 Å². The number of nitrogens with one attached hydrogen (secondary N) is 1. The van der Waals surface area contributed by atoms with Crippen molar-refractivity contribution in [2.75, 3.05) is 18.1 Å². The van der Waals surface area contributed by atoms with Crippen LogP contribution in [0, 0.1) is 0 Å². The minimum absolute atomic E-state index is 0.0647. The van der Waals surface area contributed by atoms with Crippen LogP contribution in [-0.4, -0.2) is 24.0 Å². The predicted molar refractivity (Wildman–Crippen MR) is 110 cm³/mol. The molecular weight excluding hydrogens is 370 g/mol. The maximum Gasteiger partial charge on any atom is 0.230 e. The normalized spacial score (nSPS) is 10.8. The van der Waals surface area contributed by atoms with Gasteiger partial charge in [0.2, 0.25) is 5.91 Å². The van der Waals surface area contributed by atoms with E-state index in [0.717, 1.165) is 20.6 Å². The molecule has 0 atom stereocenters. The van der Waals surface area contributed by atoms with Gasteiger partial charge in [-0.05, 0) is 47.2 Å². The Morgan fingerprint density at radius 3 is 2.40 bits per heavy atom. The number of hydrogen-bond donors (Lipinski definition) is 1. The van der Waals surface area contributed by atoms with Gasteiger partial charge in [-0.2, -0.15) is 0 Å². The van der Waals surface area contributed by atoms with Crippen LogP contribution in [0.1, 0.15) is 0 Å². The molecule has 0 aliphatic heterocycles. The highest BCUT2D eigenvalue weighted by Gasteiger charge is 2.03. The Bertz CT molecular complexity index is 852. The molecular formula is C20H18ClNOS2. The topological polar surface area (TPSA) is 29.1 Å². The van der Waals surface area contributed by atoms with Gasteiger partial charge in [-0.25, -0.2) is 0 Å². The number of benzene rings is 3. The molecule has 0 saturated heterocycles. The van der Waals surface area contributed by atoms with E-state index in [0.29, 0.717) is 12.3 Å². The zero-order valence-electron chi connectivity index (χ0n) is 13.6. The third kappa shape index (κ3) is 5.70. The van der Waals surface area contributed by atoms with Crippen molar-refractivity contribution in [3.63, 3.8) is 0 Å². The summed E-state index contributed by atoms with van der Waals surface area (Å²) in [6, 6.07) is 22.3. The summed E-state index contributed by atoms with van der Waals surface area (Å²) in [5, 5.41) is 6.12. The zero-order chi connectivity index (χ0) is 17.5. The number of thioether (sulfide) groups is 2. The Kier molecular flexibility index (Phi) is 6.68. The summed E-state index contributed by atoms with van der Waals surface area (Å²) in [5.41, 5.74) is 0. The SMILES string of the molecule is O=C(CSc1ccc2ccccc2c1)NCCSc1ccc(Cl)cc1. The quantitative estimate of drug-likeness (QED) is 0.429. The number of rotatable bonds is 7. The van der Waals surface area contributed by atoms with Gasteiger partial charge in [0.1, 0.15) is 0 Å². The molecule has 0 aliphatic rings. The first kappa shape index (κ1) is 18.2. The van der Waals surface area contributed by atoms with Crippen molar-refractivity contribution in [1.29, 1.82) is 0 Å². The van der Waals surface area contributed by atoms with Crippen LogP contribution in [0.2, 0.25) is 5.02 Å². The summed E-state index contributed by atoms with van der Waals surface area (Å²) in [6.45, 7) is 0.657. The number of fused-ring (bicyclic) bond motifs is 1. The van der Waals surface area contributed by atoms with E-state index in [9.17, 15) is 4.79 Å². The largest absolute Gasteiger partial charge is 0.355 e. The second kappa shape index (κ2) is 9.18. The molecule has 0 radical (unpaired) electrons. The Labute approximate surface area is 161 Å². The van der Waals surface area contributed by atoms with Crippen molar-refractivity contribution < 1.29 is 4.79 Å². The predicted octanol–water partition coefficient (Wildman–Crippen LogP) is 5.49. The average molecular weight is 388 g/mol. The summed E-state index contributed by atoms with van der Waals surface area (Å²) in [5.74, 6) is 1.34. The molecule has 0 fully saturated rings. The molecule has 25 heavy (non-hydrogen) atoms. The Balaban J connectivity index is 1.39. The first-order valence-electron chi connectivity index (χ1n) is 7.97. The molecule has 0 heterocycles. The molecule has 3 aromatic carbocycles. The Morgan fingerprint density at radius 1 is 0.880 bits per heavy atom. The number of carbonyl (C=O) groups excluding carboxylic acids is 1. The van der Waals surface area contributed by atoms with Gasteiger partial charge in [0.15, 0.2) is 0 Å². The van der Waals surface area contributed by atoms with Crippen LogP contribution in [0.5, 0.6) is 0 Å². The van der Waals surface area contributed by atoms with Crippen molar-refractivity contribution >= 4 is 51.8 Å². The van der Waals surface area contributed by atoms with Crippen molar-refractivity contribution in [3.05, 3.63) is 71.8 Å². The van der Waals surface area contributed by atoms with Crippen LogP contribution in [0.15, 0.2) is 76.5 Å². The lowest BCUT2D eigenvalue weighted by atomic mass is 10.1. The highest BCUT2D eigenvalue weighted by molar-refractivity contribution is 8.00. The van der Waals surface area contributed by atoms with E-state index >= 15 is 0 Å². The average Bonchev–Trinajstić information content (AvgIpc) is 2.65. The van der Waals surface area contributed by atoms with Gasteiger partial charge in [-0.1, -0.05) is 41.9 Å². The standard InChI is InChI=1S/C20H18ClNOS2/c21-17-6-9-18(10-7-17)24-12-11-22-20(23)14-25-19-8-5-15-3-1-2-4-16(15)13-19/h1-10,13H,11-12,14H2,(H,22,23). The van der Waals surface area contributed by atoms with Crippen molar-refractivity contribution in [2.45, 2.75) is 9.79 Å². The molecule has 0 bridgehead atoms.